The van der Waals surface area contributed by atoms with E-state index in [1.165, 1.54) is 23.1 Å². The summed E-state index contributed by atoms with van der Waals surface area (Å²) in [6, 6.07) is 4.92. The molecule has 1 saturated heterocycles. The Hall–Kier alpha value is -3.34. The van der Waals surface area contributed by atoms with Gasteiger partial charge in [0.2, 0.25) is 0 Å². The van der Waals surface area contributed by atoms with Gasteiger partial charge in [0.15, 0.2) is 15.5 Å². The summed E-state index contributed by atoms with van der Waals surface area (Å²) < 4.78 is 54.7. The summed E-state index contributed by atoms with van der Waals surface area (Å²) in [5.74, 6) is -0.338. The molecule has 160 valence electrons. The first kappa shape index (κ1) is 19.6. The van der Waals surface area contributed by atoms with Crippen LogP contribution in [0.3, 0.4) is 0 Å². The molecule has 1 aliphatic rings. The largest absolute Gasteiger partial charge is 0.349 e. The molecule has 1 aromatic carbocycles. The van der Waals surface area contributed by atoms with E-state index < -0.39 is 21.5 Å². The fourth-order valence-corrected chi connectivity index (χ4v) is 4.46. The van der Waals surface area contributed by atoms with Crippen LogP contribution in [0.2, 0.25) is 0 Å². The Balaban J connectivity index is 1.56. The minimum Gasteiger partial charge on any atom is -0.349 e. The number of fused-ring (bicyclic) bond motifs is 1. The third-order valence-corrected chi connectivity index (χ3v) is 6.50. The van der Waals surface area contributed by atoms with Crippen molar-refractivity contribution < 1.29 is 17.2 Å². The summed E-state index contributed by atoms with van der Waals surface area (Å²) in [5, 5.41) is 8.38. The van der Waals surface area contributed by atoms with E-state index in [1.54, 1.807) is 23.0 Å². The van der Waals surface area contributed by atoms with Gasteiger partial charge < -0.3 is 4.90 Å². The zero-order valence-electron chi connectivity index (χ0n) is 16.5. The molecule has 4 heterocycles. The number of halogens is 2. The topological polar surface area (TPSA) is 85.4 Å². The smallest absolute Gasteiger partial charge is 0.183 e. The highest BCUT2D eigenvalue weighted by Crippen LogP contribution is 2.37. The normalized spacial score (nSPS) is 17.0. The van der Waals surface area contributed by atoms with E-state index in [9.17, 15) is 17.2 Å². The Bertz CT molecular complexity index is 1400. The molecule has 0 spiro atoms. The lowest BCUT2D eigenvalue weighted by Gasteiger charge is -2.26. The molecular formula is C20H18F2N6O2S. The van der Waals surface area contributed by atoms with E-state index in [0.29, 0.717) is 35.7 Å². The van der Waals surface area contributed by atoms with Gasteiger partial charge in [-0.2, -0.15) is 10.2 Å². The predicted octanol–water partition coefficient (Wildman–Crippen LogP) is 2.94. The average molecular weight is 444 g/mol. The highest BCUT2D eigenvalue weighted by molar-refractivity contribution is 7.90. The quantitative estimate of drug-likeness (QED) is 0.481. The van der Waals surface area contributed by atoms with Gasteiger partial charge in [-0.3, -0.25) is 0 Å². The molecule has 5 rings (SSSR count). The van der Waals surface area contributed by atoms with Crippen molar-refractivity contribution in [2.75, 3.05) is 17.7 Å². The molecule has 0 amide bonds. The minimum absolute atomic E-state index is 0.0872. The van der Waals surface area contributed by atoms with Gasteiger partial charge in [-0.15, -0.1) is 0 Å². The standard InChI is InChI=1S/C20H18F2N6O2S/c1-31(29,30)14-10-23-28(12-14)18-11-24-27-8-6-19(25-20(18)27)26-7-2-3-17(26)15-9-13(21)4-5-16(15)22/h4-6,8-12,17H,2-3,7H2,1H3/t17-/m1/s1. The van der Waals surface area contributed by atoms with Gasteiger partial charge in [-0.05, 0) is 37.1 Å². The van der Waals surface area contributed by atoms with E-state index in [-0.39, 0.29) is 10.9 Å². The first-order valence-electron chi connectivity index (χ1n) is 9.62. The second-order valence-corrected chi connectivity index (χ2v) is 9.51. The summed E-state index contributed by atoms with van der Waals surface area (Å²) >= 11 is 0. The molecule has 3 aromatic heterocycles. The zero-order valence-corrected chi connectivity index (χ0v) is 17.3. The molecule has 0 aliphatic carbocycles. The van der Waals surface area contributed by atoms with Crippen LogP contribution in [0.1, 0.15) is 24.4 Å². The fraction of sp³-hybridized carbons (Fsp3) is 0.250. The number of nitrogens with zero attached hydrogens (tertiary/aromatic N) is 6. The van der Waals surface area contributed by atoms with Gasteiger partial charge in [-0.1, -0.05) is 0 Å². The Labute approximate surface area is 176 Å². The third kappa shape index (κ3) is 3.44. The van der Waals surface area contributed by atoms with Gasteiger partial charge in [0.1, 0.15) is 28.0 Å². The summed E-state index contributed by atoms with van der Waals surface area (Å²) in [4.78, 5) is 6.72. The maximum absolute atomic E-state index is 14.4. The van der Waals surface area contributed by atoms with Crippen LogP contribution in [-0.4, -0.2) is 45.6 Å². The van der Waals surface area contributed by atoms with Crippen molar-refractivity contribution >= 4 is 21.3 Å². The third-order valence-electron chi connectivity index (χ3n) is 5.43. The lowest BCUT2D eigenvalue weighted by molar-refractivity contribution is 0.560. The number of anilines is 1. The Morgan fingerprint density at radius 1 is 1.13 bits per heavy atom. The van der Waals surface area contributed by atoms with Gasteiger partial charge in [0.05, 0.1) is 18.4 Å². The van der Waals surface area contributed by atoms with Crippen molar-refractivity contribution in [1.82, 2.24) is 24.4 Å². The molecule has 4 aromatic rings. The molecule has 1 fully saturated rings. The van der Waals surface area contributed by atoms with Crippen LogP contribution in [0.25, 0.3) is 11.3 Å². The molecule has 0 N–H and O–H groups in total. The summed E-state index contributed by atoms with van der Waals surface area (Å²) in [6.07, 6.45) is 8.54. The maximum Gasteiger partial charge on any atom is 0.183 e. The number of aromatic nitrogens is 5. The first-order valence-corrected chi connectivity index (χ1v) is 11.5. The van der Waals surface area contributed by atoms with Crippen molar-refractivity contribution in [3.05, 3.63) is 66.3 Å². The number of hydrogen-bond acceptors (Lipinski definition) is 6. The Morgan fingerprint density at radius 2 is 1.97 bits per heavy atom. The first-order chi connectivity index (χ1) is 14.8. The maximum atomic E-state index is 14.4. The van der Waals surface area contributed by atoms with Crippen LogP contribution < -0.4 is 4.90 Å². The second-order valence-electron chi connectivity index (χ2n) is 7.49. The van der Waals surface area contributed by atoms with E-state index in [4.69, 9.17) is 4.98 Å². The minimum atomic E-state index is -3.40. The second kappa shape index (κ2) is 7.12. The van der Waals surface area contributed by atoms with Crippen molar-refractivity contribution in [3.8, 4) is 5.69 Å². The molecule has 0 bridgehead atoms. The highest BCUT2D eigenvalue weighted by Gasteiger charge is 2.30. The van der Waals surface area contributed by atoms with E-state index in [2.05, 4.69) is 10.2 Å². The summed E-state index contributed by atoms with van der Waals surface area (Å²) in [5.41, 5.74) is 1.27. The number of benzene rings is 1. The average Bonchev–Trinajstić information content (AvgIpc) is 3.47. The molecule has 1 aliphatic heterocycles. The zero-order chi connectivity index (χ0) is 21.8. The van der Waals surface area contributed by atoms with Gasteiger partial charge >= 0.3 is 0 Å². The van der Waals surface area contributed by atoms with Crippen molar-refractivity contribution in [2.45, 2.75) is 23.8 Å². The summed E-state index contributed by atoms with van der Waals surface area (Å²) in [7, 11) is -3.40. The molecule has 0 radical (unpaired) electrons. The van der Waals surface area contributed by atoms with Gasteiger partial charge in [0.25, 0.3) is 0 Å². The van der Waals surface area contributed by atoms with Crippen molar-refractivity contribution in [1.29, 1.82) is 0 Å². The predicted molar refractivity (Wildman–Crippen MR) is 109 cm³/mol. The Kier molecular flexibility index (Phi) is 4.50. The number of hydrogen-bond donors (Lipinski definition) is 0. The van der Waals surface area contributed by atoms with Crippen molar-refractivity contribution in [3.63, 3.8) is 0 Å². The van der Waals surface area contributed by atoms with E-state index >= 15 is 0 Å². The van der Waals surface area contributed by atoms with Gasteiger partial charge in [-0.25, -0.2) is 31.4 Å². The molecule has 1 atom stereocenters. The lowest BCUT2D eigenvalue weighted by atomic mass is 10.0. The van der Waals surface area contributed by atoms with Gasteiger partial charge in [0, 0.05) is 30.8 Å². The molecule has 31 heavy (non-hydrogen) atoms. The molecule has 0 saturated carbocycles. The summed E-state index contributed by atoms with van der Waals surface area (Å²) in [6.45, 7) is 0.646. The lowest BCUT2D eigenvalue weighted by Crippen LogP contribution is -2.24. The van der Waals surface area contributed by atoms with Crippen LogP contribution in [0, 0.1) is 11.6 Å². The number of sulfone groups is 1. The molecular weight excluding hydrogens is 426 g/mol. The highest BCUT2D eigenvalue weighted by atomic mass is 32.2. The molecule has 11 heteroatoms. The Morgan fingerprint density at radius 3 is 2.74 bits per heavy atom. The fourth-order valence-electron chi connectivity index (χ4n) is 3.93. The van der Waals surface area contributed by atoms with Crippen LogP contribution in [-0.2, 0) is 9.84 Å². The van der Waals surface area contributed by atoms with Crippen LogP contribution >= 0.6 is 0 Å². The molecule has 0 unspecified atom stereocenters. The van der Waals surface area contributed by atoms with Crippen molar-refractivity contribution in [2.24, 2.45) is 0 Å². The van der Waals surface area contributed by atoms with Crippen LogP contribution in [0.4, 0.5) is 14.6 Å². The monoisotopic (exact) mass is 444 g/mol. The number of rotatable bonds is 4. The van der Waals surface area contributed by atoms with Crippen LogP contribution in [0.5, 0.6) is 0 Å². The van der Waals surface area contributed by atoms with Crippen LogP contribution in [0.15, 0.2) is 53.9 Å². The van der Waals surface area contributed by atoms with E-state index in [1.807, 2.05) is 4.90 Å². The van der Waals surface area contributed by atoms with E-state index in [0.717, 1.165) is 24.8 Å². The SMILES string of the molecule is CS(=O)(=O)c1cnn(-c2cnn3ccc(N4CCC[C@@H]4c4cc(F)ccc4F)nc23)c1. The molecule has 8 nitrogen and oxygen atoms in total.